The minimum absolute atomic E-state index is 0.221. The zero-order chi connectivity index (χ0) is 42.8. The first-order valence-corrected chi connectivity index (χ1v) is 17.9. The summed E-state index contributed by atoms with van der Waals surface area (Å²) < 4.78 is 191. The fraction of sp³-hybridized carbons (Fsp3) is 0.222. The number of rotatable bonds is 6. The third-order valence-corrected chi connectivity index (χ3v) is 11.0. The Labute approximate surface area is 335 Å². The zero-order valence-electron chi connectivity index (χ0n) is 26.5. The van der Waals surface area contributed by atoms with E-state index in [0.29, 0.717) is 9.80 Å². The Morgan fingerprint density at radius 1 is 0.643 bits per heavy atom. The number of hydrogen-bond donors (Lipinski definition) is 0. The average Bonchev–Trinajstić information content (AvgIpc) is 3.62. The van der Waals surface area contributed by atoms with Gasteiger partial charge in [0.05, 0.1) is 31.2 Å². The standard InChI is InChI=1S/C27H10Cl4F12N8O2S3/c1-48(21-19(55(52)26(38,39)40)15(7-44)46-50(21)17-11(28)3-9(4-12(17)29)24(32,33)34)23(54)49(2)22-20(56(53)27(41,42)43)16(8-45)47-51(22)18-13(30)5-10(6-14(18)31)25(35,36)37/h3-6H,1-2H3. The predicted octanol–water partition coefficient (Wildman–Crippen LogP) is 9.56. The SMILES string of the molecule is CN(C(=S)N(C)c1c([S+]([O-])C(F)(F)F)c(C#N)nn1-c1c(Cl)cc(C(F)(F)F)cc1Cl)c1c([S+]([O-])C(F)(F)F)c(C#N)nn1-c1c(Cl)cc(C(F)(F)F)cc1Cl. The van der Waals surface area contributed by atoms with E-state index in [9.17, 15) is 72.3 Å². The van der Waals surface area contributed by atoms with Crippen LogP contribution >= 0.6 is 58.6 Å². The normalized spacial score (nSPS) is 13.6. The van der Waals surface area contributed by atoms with E-state index in [1.54, 1.807) is 0 Å². The van der Waals surface area contributed by atoms with Gasteiger partial charge in [-0.1, -0.05) is 46.4 Å². The quantitative estimate of drug-likeness (QED) is 0.105. The van der Waals surface area contributed by atoms with Gasteiger partial charge in [0.2, 0.25) is 21.2 Å². The maximum Gasteiger partial charge on any atom is 0.578 e. The van der Waals surface area contributed by atoms with Gasteiger partial charge in [0.25, 0.3) is 0 Å². The van der Waals surface area contributed by atoms with Gasteiger partial charge >= 0.3 is 23.4 Å². The Hall–Kier alpha value is -3.53. The van der Waals surface area contributed by atoms with Crippen LogP contribution in [0, 0.1) is 22.7 Å². The van der Waals surface area contributed by atoms with Crippen LogP contribution in [0.1, 0.15) is 22.5 Å². The highest BCUT2D eigenvalue weighted by molar-refractivity contribution is 7.92. The first kappa shape index (κ1) is 45.2. The second-order valence-electron chi connectivity index (χ2n) is 10.5. The predicted molar refractivity (Wildman–Crippen MR) is 181 cm³/mol. The summed E-state index contributed by atoms with van der Waals surface area (Å²) in [7, 11) is 1.45. The van der Waals surface area contributed by atoms with Crippen LogP contribution in [0.5, 0.6) is 0 Å². The van der Waals surface area contributed by atoms with E-state index in [2.05, 4.69) is 10.2 Å². The summed E-state index contributed by atoms with van der Waals surface area (Å²) in [5.41, 5.74) is -18.7. The highest BCUT2D eigenvalue weighted by Gasteiger charge is 2.53. The van der Waals surface area contributed by atoms with Crippen molar-refractivity contribution in [1.82, 2.24) is 19.6 Å². The van der Waals surface area contributed by atoms with Crippen molar-refractivity contribution < 1.29 is 61.8 Å². The van der Waals surface area contributed by atoms with E-state index in [4.69, 9.17) is 58.6 Å². The summed E-state index contributed by atoms with van der Waals surface area (Å²) in [6.07, 6.45) is -10.2. The molecule has 0 N–H and O–H groups in total. The molecule has 29 heteroatoms. The summed E-state index contributed by atoms with van der Waals surface area (Å²) in [6.45, 7) is 0. The molecule has 0 saturated heterocycles. The molecule has 56 heavy (non-hydrogen) atoms. The van der Waals surface area contributed by atoms with Crippen LogP contribution in [0.3, 0.4) is 0 Å². The monoisotopic (exact) mass is 942 g/mol. The van der Waals surface area contributed by atoms with Crippen molar-refractivity contribution in [3.63, 3.8) is 0 Å². The molecule has 0 aliphatic rings. The van der Waals surface area contributed by atoms with Gasteiger partial charge in [-0.15, -0.1) is 36.5 Å². The van der Waals surface area contributed by atoms with Crippen LogP contribution in [-0.4, -0.2) is 58.9 Å². The van der Waals surface area contributed by atoms with Crippen LogP contribution < -0.4 is 9.80 Å². The molecule has 4 rings (SSSR count). The molecule has 0 aliphatic heterocycles. The van der Waals surface area contributed by atoms with Gasteiger partial charge in [0.1, 0.15) is 45.9 Å². The topological polar surface area (TPSA) is 136 Å². The van der Waals surface area contributed by atoms with Crippen LogP contribution in [0.2, 0.25) is 20.1 Å². The van der Waals surface area contributed by atoms with Crippen LogP contribution in [0.25, 0.3) is 11.4 Å². The molecule has 2 aromatic carbocycles. The molecule has 0 spiro atoms. The molecular formula is C27H10Cl4F12N8O2S3. The number of nitriles is 2. The zero-order valence-corrected chi connectivity index (χ0v) is 31.9. The van der Waals surface area contributed by atoms with E-state index in [1.165, 1.54) is 12.1 Å². The Morgan fingerprint density at radius 3 is 1.12 bits per heavy atom. The van der Waals surface area contributed by atoms with Gasteiger partial charge in [-0.2, -0.15) is 36.9 Å². The van der Waals surface area contributed by atoms with Crippen molar-refractivity contribution in [2.45, 2.75) is 33.2 Å². The van der Waals surface area contributed by atoms with Crippen molar-refractivity contribution in [2.75, 3.05) is 23.9 Å². The van der Waals surface area contributed by atoms with Gasteiger partial charge in [-0.05, 0) is 36.5 Å². The lowest BCUT2D eigenvalue weighted by Gasteiger charge is -2.30. The number of anilines is 2. The number of hydrogen-bond acceptors (Lipinski definition) is 7. The third-order valence-electron chi connectivity index (χ3n) is 6.96. The number of alkyl halides is 12. The number of nitrogens with zero attached hydrogens (tertiary/aromatic N) is 8. The highest BCUT2D eigenvalue weighted by Crippen LogP contribution is 2.46. The maximum absolute atomic E-state index is 14.0. The molecule has 300 valence electrons. The smallest absolute Gasteiger partial charge is 0.578 e. The summed E-state index contributed by atoms with van der Waals surface area (Å²) in [4.78, 5) is -2.34. The number of benzene rings is 2. The first-order chi connectivity index (χ1) is 25.5. The molecule has 0 radical (unpaired) electrons. The Morgan fingerprint density at radius 2 is 0.911 bits per heavy atom. The second kappa shape index (κ2) is 15.7. The lowest BCUT2D eigenvalue weighted by atomic mass is 10.2. The van der Waals surface area contributed by atoms with Crippen LogP contribution in [-0.2, 0) is 34.7 Å². The molecule has 2 atom stereocenters. The molecule has 0 saturated carbocycles. The molecule has 2 heterocycles. The van der Waals surface area contributed by atoms with Crippen LogP contribution in [0.15, 0.2) is 34.1 Å². The fourth-order valence-corrected chi connectivity index (χ4v) is 7.91. The molecule has 2 unspecified atom stereocenters. The second-order valence-corrected chi connectivity index (χ2v) is 15.3. The Balaban J connectivity index is 2.10. The maximum atomic E-state index is 14.0. The molecule has 0 amide bonds. The highest BCUT2D eigenvalue weighted by atomic mass is 35.5. The summed E-state index contributed by atoms with van der Waals surface area (Å²) in [5, 5.41) is 21.7. The summed E-state index contributed by atoms with van der Waals surface area (Å²) in [6, 6.07) is 3.45. The van der Waals surface area contributed by atoms with Crippen LogP contribution in [0.4, 0.5) is 64.3 Å². The molecule has 0 fully saturated rings. The Kier molecular flexibility index (Phi) is 12.6. The fourth-order valence-electron chi connectivity index (χ4n) is 4.68. The van der Waals surface area contributed by atoms with Crippen molar-refractivity contribution in [2.24, 2.45) is 0 Å². The average molecular weight is 944 g/mol. The van der Waals surface area contributed by atoms with Gasteiger partial charge < -0.3 is 18.9 Å². The van der Waals surface area contributed by atoms with E-state index < -0.39 is 126 Å². The van der Waals surface area contributed by atoms with Crippen molar-refractivity contribution >= 4 is 97.7 Å². The number of thiocarbonyl (C=S) groups is 1. The lowest BCUT2D eigenvalue weighted by Crippen LogP contribution is -2.42. The summed E-state index contributed by atoms with van der Waals surface area (Å²) in [5.74, 6) is -2.40. The van der Waals surface area contributed by atoms with Crippen molar-refractivity contribution in [3.05, 3.63) is 66.9 Å². The van der Waals surface area contributed by atoms with Gasteiger partial charge in [-0.25, -0.2) is 9.36 Å². The summed E-state index contributed by atoms with van der Waals surface area (Å²) >= 11 is 21.1. The molecule has 0 bridgehead atoms. The minimum Gasteiger partial charge on any atom is -0.604 e. The number of aromatic nitrogens is 4. The lowest BCUT2D eigenvalue weighted by molar-refractivity contribution is -0.138. The van der Waals surface area contributed by atoms with E-state index in [1.807, 2.05) is 0 Å². The largest absolute Gasteiger partial charge is 0.604 e. The van der Waals surface area contributed by atoms with Crippen molar-refractivity contribution in [3.8, 4) is 23.5 Å². The van der Waals surface area contributed by atoms with E-state index >= 15 is 0 Å². The first-order valence-electron chi connectivity index (χ1n) is 13.7. The van der Waals surface area contributed by atoms with Gasteiger partial charge in [-0.3, -0.25) is 0 Å². The van der Waals surface area contributed by atoms with Gasteiger partial charge in [0.15, 0.2) is 16.7 Å². The minimum atomic E-state index is -5.70. The van der Waals surface area contributed by atoms with E-state index in [0.717, 1.165) is 14.1 Å². The molecule has 2 aromatic heterocycles. The Bertz CT molecular complexity index is 2110. The molecule has 10 nitrogen and oxygen atoms in total. The van der Waals surface area contributed by atoms with Crippen molar-refractivity contribution in [1.29, 1.82) is 10.5 Å². The molecule has 4 aromatic rings. The molecule has 0 aliphatic carbocycles. The van der Waals surface area contributed by atoms with Gasteiger partial charge in [0, 0.05) is 14.1 Å². The third kappa shape index (κ3) is 8.51. The van der Waals surface area contributed by atoms with E-state index in [-0.39, 0.29) is 33.6 Å². The molecular weight excluding hydrogens is 934 g/mol. The number of halogens is 16.